The summed E-state index contributed by atoms with van der Waals surface area (Å²) in [6.07, 6.45) is 1.34. The lowest BCUT2D eigenvalue weighted by atomic mass is 10.1. The summed E-state index contributed by atoms with van der Waals surface area (Å²) in [4.78, 5) is 28.8. The predicted octanol–water partition coefficient (Wildman–Crippen LogP) is 3.06. The molecule has 0 bridgehead atoms. The molecule has 0 aliphatic rings. The van der Waals surface area contributed by atoms with Gasteiger partial charge in [0.1, 0.15) is 11.6 Å². The van der Waals surface area contributed by atoms with E-state index in [0.29, 0.717) is 10.7 Å². The summed E-state index contributed by atoms with van der Waals surface area (Å²) < 4.78 is 5.92. The van der Waals surface area contributed by atoms with E-state index in [1.165, 1.54) is 23.9 Å². The minimum atomic E-state index is -0.635. The third-order valence-corrected chi connectivity index (χ3v) is 4.60. The summed E-state index contributed by atoms with van der Waals surface area (Å²) in [6, 6.07) is 10.6. The summed E-state index contributed by atoms with van der Waals surface area (Å²) in [5, 5.41) is 10.5. The van der Waals surface area contributed by atoms with Crippen molar-refractivity contribution in [3.8, 4) is 6.07 Å². The molecule has 3 aromatic rings. The molecular weight excluding hydrogens is 354 g/mol. The number of aryl methyl sites for hydroxylation is 1. The predicted molar refractivity (Wildman–Crippen MR) is 97.3 cm³/mol. The molecule has 0 saturated heterocycles. The van der Waals surface area contributed by atoms with Crippen LogP contribution in [0.2, 0.25) is 5.02 Å². The van der Waals surface area contributed by atoms with Gasteiger partial charge >= 0.3 is 5.97 Å². The average molecular weight is 368 g/mol. The van der Waals surface area contributed by atoms with Crippen molar-refractivity contribution in [2.75, 3.05) is 7.11 Å². The molecule has 0 atom stereocenters. The molecule has 3 rings (SSSR count). The number of para-hydroxylation sites is 1. The summed E-state index contributed by atoms with van der Waals surface area (Å²) in [6.45, 7) is 1.91. The summed E-state index contributed by atoms with van der Waals surface area (Å²) in [5.74, 6) is -0.635. The molecule has 6 nitrogen and oxygen atoms in total. The van der Waals surface area contributed by atoms with E-state index < -0.39 is 11.5 Å². The van der Waals surface area contributed by atoms with Gasteiger partial charge < -0.3 is 9.30 Å². The van der Waals surface area contributed by atoms with Crippen molar-refractivity contribution in [1.82, 2.24) is 9.55 Å². The number of carbonyl (C=O) groups excluding carboxylic acids is 1. The highest BCUT2D eigenvalue weighted by molar-refractivity contribution is 6.32. The number of rotatable bonds is 3. The van der Waals surface area contributed by atoms with Crippen LogP contribution in [0.5, 0.6) is 0 Å². The van der Waals surface area contributed by atoms with E-state index in [4.69, 9.17) is 11.6 Å². The van der Waals surface area contributed by atoms with Crippen LogP contribution in [0.1, 0.15) is 27.2 Å². The average Bonchev–Trinajstić information content (AvgIpc) is 2.66. The van der Waals surface area contributed by atoms with Crippen molar-refractivity contribution in [2.24, 2.45) is 0 Å². The Balaban J connectivity index is 2.16. The number of pyridine rings is 2. The van der Waals surface area contributed by atoms with Gasteiger partial charge in [-0.05, 0) is 24.6 Å². The minimum Gasteiger partial charge on any atom is -0.465 e. The first-order valence-corrected chi connectivity index (χ1v) is 8.10. The molecule has 0 fully saturated rings. The van der Waals surface area contributed by atoms with E-state index in [9.17, 15) is 14.9 Å². The van der Waals surface area contributed by atoms with Gasteiger partial charge in [0.2, 0.25) is 0 Å². The monoisotopic (exact) mass is 367 g/mol. The zero-order valence-electron chi connectivity index (χ0n) is 14.1. The van der Waals surface area contributed by atoms with Gasteiger partial charge in [-0.3, -0.25) is 4.79 Å². The van der Waals surface area contributed by atoms with Crippen LogP contribution >= 0.6 is 11.6 Å². The number of benzene rings is 1. The molecule has 0 aliphatic heterocycles. The van der Waals surface area contributed by atoms with Crippen molar-refractivity contribution in [2.45, 2.75) is 13.5 Å². The van der Waals surface area contributed by atoms with Crippen LogP contribution < -0.4 is 5.56 Å². The van der Waals surface area contributed by atoms with Crippen LogP contribution in [0.4, 0.5) is 0 Å². The number of hydrogen-bond donors (Lipinski definition) is 0. The highest BCUT2D eigenvalue weighted by Gasteiger charge is 2.16. The normalized spacial score (nSPS) is 10.5. The molecule has 2 aromatic heterocycles. The van der Waals surface area contributed by atoms with Gasteiger partial charge in [0.05, 0.1) is 35.5 Å². The zero-order chi connectivity index (χ0) is 18.8. The maximum absolute atomic E-state index is 12.4. The van der Waals surface area contributed by atoms with E-state index in [1.54, 1.807) is 6.07 Å². The topological polar surface area (TPSA) is 85.0 Å². The quantitative estimate of drug-likeness (QED) is 0.664. The standard InChI is InChI=1S/C19H14ClN3O3/c1-11-14-5-3-4-6-15(14)22-16(17(11)20)10-23-9-13(19(25)26-2)7-12(8-21)18(23)24/h3-7,9H,10H2,1-2H3. The molecule has 1 aromatic carbocycles. The Morgan fingerprint density at radius 1 is 1.38 bits per heavy atom. The second kappa shape index (κ2) is 6.98. The van der Waals surface area contributed by atoms with Gasteiger partial charge in [0, 0.05) is 11.6 Å². The molecule has 0 amide bonds. The van der Waals surface area contributed by atoms with Gasteiger partial charge in [-0.25, -0.2) is 9.78 Å². The Morgan fingerprint density at radius 2 is 2.12 bits per heavy atom. The summed E-state index contributed by atoms with van der Waals surface area (Å²) >= 11 is 6.44. The first-order chi connectivity index (χ1) is 12.5. The Bertz CT molecular complexity index is 1130. The second-order valence-corrected chi connectivity index (χ2v) is 6.07. The lowest BCUT2D eigenvalue weighted by Gasteiger charge is -2.12. The molecule has 0 unspecified atom stereocenters. The zero-order valence-corrected chi connectivity index (χ0v) is 14.9. The molecular formula is C19H14ClN3O3. The second-order valence-electron chi connectivity index (χ2n) is 5.69. The number of nitriles is 1. The number of ether oxygens (including phenoxy) is 1. The van der Waals surface area contributed by atoms with Crippen LogP contribution in [0.25, 0.3) is 10.9 Å². The van der Waals surface area contributed by atoms with Gasteiger partial charge in [0.25, 0.3) is 5.56 Å². The number of fused-ring (bicyclic) bond motifs is 1. The van der Waals surface area contributed by atoms with E-state index >= 15 is 0 Å². The first kappa shape index (κ1) is 17.6. The van der Waals surface area contributed by atoms with Crippen LogP contribution in [-0.2, 0) is 11.3 Å². The minimum absolute atomic E-state index is 0.0306. The smallest absolute Gasteiger partial charge is 0.339 e. The Labute approximate surface area is 154 Å². The molecule has 0 N–H and O–H groups in total. The van der Waals surface area contributed by atoms with Crippen LogP contribution in [0.3, 0.4) is 0 Å². The largest absolute Gasteiger partial charge is 0.465 e. The molecule has 0 radical (unpaired) electrons. The molecule has 0 spiro atoms. The van der Waals surface area contributed by atoms with Gasteiger partial charge in [-0.15, -0.1) is 0 Å². The third-order valence-electron chi connectivity index (χ3n) is 4.09. The van der Waals surface area contributed by atoms with E-state index in [1.807, 2.05) is 31.2 Å². The number of methoxy groups -OCH3 is 1. The first-order valence-electron chi connectivity index (χ1n) is 7.73. The number of aromatic nitrogens is 2. The molecule has 7 heteroatoms. The van der Waals surface area contributed by atoms with E-state index in [0.717, 1.165) is 16.5 Å². The number of halogens is 1. The fourth-order valence-corrected chi connectivity index (χ4v) is 2.95. The highest BCUT2D eigenvalue weighted by Crippen LogP contribution is 2.27. The highest BCUT2D eigenvalue weighted by atomic mass is 35.5. The van der Waals surface area contributed by atoms with Gasteiger partial charge in [-0.1, -0.05) is 29.8 Å². The maximum Gasteiger partial charge on any atom is 0.339 e. The number of carbonyl (C=O) groups is 1. The molecule has 0 aliphatic carbocycles. The lowest BCUT2D eigenvalue weighted by molar-refractivity contribution is 0.0599. The lowest BCUT2D eigenvalue weighted by Crippen LogP contribution is -2.25. The summed E-state index contributed by atoms with van der Waals surface area (Å²) in [7, 11) is 1.23. The van der Waals surface area contributed by atoms with Crippen molar-refractivity contribution in [1.29, 1.82) is 5.26 Å². The van der Waals surface area contributed by atoms with E-state index in [-0.39, 0.29) is 17.7 Å². The van der Waals surface area contributed by atoms with Crippen molar-refractivity contribution >= 4 is 28.5 Å². The van der Waals surface area contributed by atoms with Crippen molar-refractivity contribution in [3.05, 3.63) is 74.3 Å². The van der Waals surface area contributed by atoms with Crippen molar-refractivity contribution < 1.29 is 9.53 Å². The fourth-order valence-electron chi connectivity index (χ4n) is 2.75. The van der Waals surface area contributed by atoms with Crippen LogP contribution in [0, 0.1) is 18.3 Å². The Hall–Kier alpha value is -3.17. The Morgan fingerprint density at radius 3 is 2.81 bits per heavy atom. The van der Waals surface area contributed by atoms with Gasteiger partial charge in [-0.2, -0.15) is 5.26 Å². The van der Waals surface area contributed by atoms with Crippen molar-refractivity contribution in [3.63, 3.8) is 0 Å². The summed E-state index contributed by atoms with van der Waals surface area (Å²) in [5.41, 5.74) is 1.52. The van der Waals surface area contributed by atoms with Crippen LogP contribution in [0.15, 0.2) is 41.3 Å². The SMILES string of the molecule is COC(=O)c1cc(C#N)c(=O)n(Cc2nc3ccccc3c(C)c2Cl)c1. The molecule has 2 heterocycles. The van der Waals surface area contributed by atoms with Gasteiger partial charge in [0.15, 0.2) is 0 Å². The fraction of sp³-hybridized carbons (Fsp3) is 0.158. The third kappa shape index (κ3) is 3.05. The number of nitrogens with zero attached hydrogens (tertiary/aromatic N) is 3. The molecule has 0 saturated carbocycles. The number of esters is 1. The molecule has 130 valence electrons. The Kier molecular flexibility index (Phi) is 4.74. The van der Waals surface area contributed by atoms with Crippen LogP contribution in [-0.4, -0.2) is 22.6 Å². The van der Waals surface area contributed by atoms with E-state index in [2.05, 4.69) is 9.72 Å². The maximum atomic E-state index is 12.4. The molecule has 26 heavy (non-hydrogen) atoms. The number of hydrogen-bond acceptors (Lipinski definition) is 5.